The molecule has 1 aliphatic rings. The zero-order chi connectivity index (χ0) is 11.8. The van der Waals surface area contributed by atoms with Crippen LogP contribution in [0.1, 0.15) is 6.42 Å². The predicted molar refractivity (Wildman–Crippen MR) is 56.4 cm³/mol. The Morgan fingerprint density at radius 1 is 1.38 bits per heavy atom. The molecule has 2 atom stereocenters. The molecule has 2 rings (SSSR count). The standard InChI is InChI=1S/C11H9ClO4/c12-11(6-8(11)9(13)14)10(15)16-7-4-2-1-3-5-7/h1-5,8H,6H2,(H,13,14). The van der Waals surface area contributed by atoms with Crippen molar-refractivity contribution in [2.24, 2.45) is 5.92 Å². The normalized spacial score (nSPS) is 27.2. The monoisotopic (exact) mass is 240 g/mol. The Balaban J connectivity index is 2.03. The summed E-state index contributed by atoms with van der Waals surface area (Å²) in [6.07, 6.45) is 0.121. The highest BCUT2D eigenvalue weighted by Gasteiger charge is 2.64. The molecule has 0 bridgehead atoms. The molecule has 16 heavy (non-hydrogen) atoms. The number of alkyl halides is 1. The summed E-state index contributed by atoms with van der Waals surface area (Å²) in [7, 11) is 0. The molecule has 0 amide bonds. The van der Waals surface area contributed by atoms with Crippen LogP contribution in [0.3, 0.4) is 0 Å². The molecule has 0 aliphatic heterocycles. The largest absolute Gasteiger partial charge is 0.481 e. The quantitative estimate of drug-likeness (QED) is 0.496. The maximum atomic E-state index is 11.6. The second-order valence-electron chi connectivity index (χ2n) is 3.66. The van der Waals surface area contributed by atoms with Gasteiger partial charge in [-0.25, -0.2) is 4.79 Å². The van der Waals surface area contributed by atoms with E-state index in [1.165, 1.54) is 0 Å². The smallest absolute Gasteiger partial charge is 0.333 e. The van der Waals surface area contributed by atoms with Gasteiger partial charge in [0.15, 0.2) is 4.87 Å². The van der Waals surface area contributed by atoms with E-state index in [1.807, 2.05) is 0 Å². The first-order valence-electron chi connectivity index (χ1n) is 4.73. The van der Waals surface area contributed by atoms with Crippen LogP contribution in [-0.2, 0) is 9.59 Å². The average Bonchev–Trinajstić information content (AvgIpc) is 2.94. The number of halogens is 1. The summed E-state index contributed by atoms with van der Waals surface area (Å²) in [6, 6.07) is 8.42. The summed E-state index contributed by atoms with van der Waals surface area (Å²) in [6.45, 7) is 0. The van der Waals surface area contributed by atoms with Gasteiger partial charge in [0.1, 0.15) is 5.75 Å². The molecule has 5 heteroatoms. The number of para-hydroxylation sites is 1. The van der Waals surface area contributed by atoms with Crippen molar-refractivity contribution in [2.45, 2.75) is 11.3 Å². The first kappa shape index (κ1) is 11.0. The lowest BCUT2D eigenvalue weighted by Crippen LogP contribution is -2.26. The Morgan fingerprint density at radius 2 is 2.00 bits per heavy atom. The van der Waals surface area contributed by atoms with Gasteiger partial charge in [0, 0.05) is 0 Å². The molecule has 1 fully saturated rings. The molecule has 1 aromatic rings. The molecule has 1 saturated carbocycles. The zero-order valence-corrected chi connectivity index (χ0v) is 8.98. The van der Waals surface area contributed by atoms with E-state index in [9.17, 15) is 9.59 Å². The highest BCUT2D eigenvalue weighted by Crippen LogP contribution is 2.50. The molecule has 1 aromatic carbocycles. The van der Waals surface area contributed by atoms with Crippen molar-refractivity contribution in [3.8, 4) is 5.75 Å². The van der Waals surface area contributed by atoms with Gasteiger partial charge >= 0.3 is 11.9 Å². The second-order valence-corrected chi connectivity index (χ2v) is 4.33. The lowest BCUT2D eigenvalue weighted by Gasteiger charge is -2.07. The lowest BCUT2D eigenvalue weighted by atomic mass is 10.3. The molecular weight excluding hydrogens is 232 g/mol. The maximum Gasteiger partial charge on any atom is 0.333 e. The number of carboxylic acids is 1. The minimum absolute atomic E-state index is 0.121. The van der Waals surface area contributed by atoms with E-state index in [0.29, 0.717) is 5.75 Å². The third kappa shape index (κ3) is 1.88. The first-order valence-corrected chi connectivity index (χ1v) is 5.11. The van der Waals surface area contributed by atoms with Crippen LogP contribution in [0, 0.1) is 5.92 Å². The predicted octanol–water partition coefficient (Wildman–Crippen LogP) is 1.67. The van der Waals surface area contributed by atoms with Gasteiger partial charge in [0.2, 0.25) is 0 Å². The highest BCUT2D eigenvalue weighted by molar-refractivity contribution is 6.38. The van der Waals surface area contributed by atoms with Crippen LogP contribution < -0.4 is 4.74 Å². The molecule has 0 heterocycles. The summed E-state index contributed by atoms with van der Waals surface area (Å²) < 4.78 is 4.99. The minimum Gasteiger partial charge on any atom is -0.481 e. The van der Waals surface area contributed by atoms with Crippen molar-refractivity contribution in [1.29, 1.82) is 0 Å². The lowest BCUT2D eigenvalue weighted by molar-refractivity contribution is -0.142. The first-order chi connectivity index (χ1) is 7.54. The maximum absolute atomic E-state index is 11.6. The Hall–Kier alpha value is -1.55. The molecular formula is C11H9ClO4. The fourth-order valence-corrected chi connectivity index (χ4v) is 1.71. The molecule has 2 unspecified atom stereocenters. The third-order valence-corrected chi connectivity index (χ3v) is 3.06. The highest BCUT2D eigenvalue weighted by atomic mass is 35.5. The molecule has 0 saturated heterocycles. The molecule has 0 spiro atoms. The van der Waals surface area contributed by atoms with Gasteiger partial charge in [-0.05, 0) is 18.6 Å². The van der Waals surface area contributed by atoms with E-state index in [1.54, 1.807) is 30.3 Å². The summed E-state index contributed by atoms with van der Waals surface area (Å²) in [5.41, 5.74) is 0. The van der Waals surface area contributed by atoms with Crippen molar-refractivity contribution >= 4 is 23.5 Å². The molecule has 0 radical (unpaired) electrons. The van der Waals surface area contributed by atoms with Gasteiger partial charge in [0.25, 0.3) is 0 Å². The van der Waals surface area contributed by atoms with Gasteiger partial charge in [-0.2, -0.15) is 0 Å². The Labute approximate surface area is 96.8 Å². The summed E-state index contributed by atoms with van der Waals surface area (Å²) >= 11 is 5.85. The number of carboxylic acid groups (broad SMARTS) is 1. The molecule has 1 aliphatic carbocycles. The number of carbonyl (C=O) groups excluding carboxylic acids is 1. The van der Waals surface area contributed by atoms with Crippen molar-refractivity contribution in [3.05, 3.63) is 30.3 Å². The number of aliphatic carboxylic acids is 1. The average molecular weight is 241 g/mol. The van der Waals surface area contributed by atoms with Gasteiger partial charge < -0.3 is 9.84 Å². The molecule has 4 nitrogen and oxygen atoms in total. The van der Waals surface area contributed by atoms with Crippen molar-refractivity contribution in [3.63, 3.8) is 0 Å². The van der Waals surface area contributed by atoms with Crippen molar-refractivity contribution < 1.29 is 19.4 Å². The second kappa shape index (κ2) is 3.79. The van der Waals surface area contributed by atoms with E-state index in [4.69, 9.17) is 21.4 Å². The van der Waals surface area contributed by atoms with E-state index in [0.717, 1.165) is 0 Å². The Bertz CT molecular complexity index is 431. The number of ether oxygens (including phenoxy) is 1. The van der Waals surface area contributed by atoms with Crippen LogP contribution in [0.15, 0.2) is 30.3 Å². The number of benzene rings is 1. The van der Waals surface area contributed by atoms with E-state index < -0.39 is 22.7 Å². The topological polar surface area (TPSA) is 63.6 Å². The Morgan fingerprint density at radius 3 is 2.50 bits per heavy atom. The number of hydrogen-bond acceptors (Lipinski definition) is 3. The SMILES string of the molecule is O=C(O)C1CC1(Cl)C(=O)Oc1ccccc1. The van der Waals surface area contributed by atoms with Crippen molar-refractivity contribution in [2.75, 3.05) is 0 Å². The van der Waals surface area contributed by atoms with Gasteiger partial charge in [0.05, 0.1) is 5.92 Å². The number of rotatable bonds is 3. The van der Waals surface area contributed by atoms with Crippen LogP contribution in [0.2, 0.25) is 0 Å². The molecule has 84 valence electrons. The Kier molecular flexibility index (Phi) is 2.59. The van der Waals surface area contributed by atoms with Crippen LogP contribution >= 0.6 is 11.6 Å². The van der Waals surface area contributed by atoms with Crippen LogP contribution in [0.5, 0.6) is 5.75 Å². The van der Waals surface area contributed by atoms with Gasteiger partial charge in [-0.1, -0.05) is 18.2 Å². The summed E-state index contributed by atoms with van der Waals surface area (Å²) in [4.78, 5) is 20.8. The van der Waals surface area contributed by atoms with E-state index in [-0.39, 0.29) is 6.42 Å². The van der Waals surface area contributed by atoms with Crippen LogP contribution in [-0.4, -0.2) is 21.9 Å². The van der Waals surface area contributed by atoms with Gasteiger partial charge in [-0.3, -0.25) is 4.79 Å². The van der Waals surface area contributed by atoms with Crippen LogP contribution in [0.25, 0.3) is 0 Å². The third-order valence-electron chi connectivity index (χ3n) is 2.48. The fourth-order valence-electron chi connectivity index (χ4n) is 1.43. The number of esters is 1. The van der Waals surface area contributed by atoms with Crippen molar-refractivity contribution in [1.82, 2.24) is 0 Å². The molecule has 0 aromatic heterocycles. The minimum atomic E-state index is -1.39. The molecule has 1 N–H and O–H groups in total. The number of hydrogen-bond donors (Lipinski definition) is 1. The van der Waals surface area contributed by atoms with Gasteiger partial charge in [-0.15, -0.1) is 11.6 Å². The van der Waals surface area contributed by atoms with E-state index >= 15 is 0 Å². The van der Waals surface area contributed by atoms with Crippen LogP contribution in [0.4, 0.5) is 0 Å². The number of carbonyl (C=O) groups is 2. The summed E-state index contributed by atoms with van der Waals surface area (Å²) in [5.74, 6) is -2.25. The van der Waals surface area contributed by atoms with E-state index in [2.05, 4.69) is 0 Å². The fraction of sp³-hybridized carbons (Fsp3) is 0.273. The summed E-state index contributed by atoms with van der Waals surface area (Å²) in [5, 5.41) is 8.71. The zero-order valence-electron chi connectivity index (χ0n) is 8.22.